The van der Waals surface area contributed by atoms with E-state index in [1.165, 1.54) is 12.1 Å². The maximum Gasteiger partial charge on any atom is 0.346 e. The summed E-state index contributed by atoms with van der Waals surface area (Å²) in [6.45, 7) is 6.33. The molecular weight excluding hydrogens is 343 g/mol. The first-order chi connectivity index (χ1) is 10.2. The Balaban J connectivity index is 2.25. The number of hydrogen-bond donors (Lipinski definition) is 0. The summed E-state index contributed by atoms with van der Waals surface area (Å²) in [5, 5.41) is 0.539. The third-order valence-electron chi connectivity index (χ3n) is 3.18. The first kappa shape index (κ1) is 17.1. The molecule has 0 aliphatic heterocycles. The van der Waals surface area contributed by atoms with Gasteiger partial charge in [-0.25, -0.2) is 4.79 Å². The van der Waals surface area contributed by atoms with Crippen LogP contribution in [0.1, 0.15) is 36.7 Å². The molecule has 22 heavy (non-hydrogen) atoms. The van der Waals surface area contributed by atoms with Crippen LogP contribution in [0, 0.1) is 0 Å². The molecule has 0 fully saturated rings. The van der Waals surface area contributed by atoms with Gasteiger partial charge in [-0.3, -0.25) is 0 Å². The number of carbonyl (C=O) groups is 1. The van der Waals surface area contributed by atoms with Gasteiger partial charge in [0.2, 0.25) is 0 Å². The van der Waals surface area contributed by atoms with E-state index in [0.29, 0.717) is 5.75 Å². The number of benzene rings is 2. The van der Waals surface area contributed by atoms with E-state index in [1.807, 2.05) is 12.1 Å². The molecule has 0 saturated heterocycles. The van der Waals surface area contributed by atoms with Crippen LogP contribution in [-0.2, 0) is 5.41 Å². The molecule has 0 saturated carbocycles. The lowest BCUT2D eigenvalue weighted by Gasteiger charge is -2.19. The molecule has 0 unspecified atom stereocenters. The smallest absolute Gasteiger partial charge is 0.346 e. The molecular formula is C17H15Cl3O2. The Morgan fingerprint density at radius 2 is 1.45 bits per heavy atom. The summed E-state index contributed by atoms with van der Waals surface area (Å²) in [7, 11) is 0. The molecule has 116 valence electrons. The molecule has 5 heteroatoms. The lowest BCUT2D eigenvalue weighted by Crippen LogP contribution is -2.12. The Bertz CT molecular complexity index is 701. The van der Waals surface area contributed by atoms with Crippen LogP contribution >= 0.6 is 34.8 Å². The highest BCUT2D eigenvalue weighted by Crippen LogP contribution is 2.32. The first-order valence-electron chi connectivity index (χ1n) is 6.66. The van der Waals surface area contributed by atoms with Gasteiger partial charge in [0.1, 0.15) is 5.75 Å². The average Bonchev–Trinajstić information content (AvgIpc) is 2.43. The quantitative estimate of drug-likeness (QED) is 0.365. The lowest BCUT2D eigenvalue weighted by molar-refractivity contribution is 0.0735. The summed E-state index contributed by atoms with van der Waals surface area (Å²) in [6.07, 6.45) is 0. The Hall–Kier alpha value is -1.22. The van der Waals surface area contributed by atoms with Crippen molar-refractivity contribution in [1.29, 1.82) is 0 Å². The van der Waals surface area contributed by atoms with Crippen molar-refractivity contribution in [3.05, 3.63) is 62.6 Å². The van der Waals surface area contributed by atoms with Gasteiger partial charge in [0.15, 0.2) is 0 Å². The Labute approximate surface area is 144 Å². The summed E-state index contributed by atoms with van der Waals surface area (Å²) in [5.41, 5.74) is 1.24. The molecule has 0 aromatic heterocycles. The average molecular weight is 358 g/mol. The molecule has 2 rings (SSSR count). The number of rotatable bonds is 2. The summed E-state index contributed by atoms with van der Waals surface area (Å²) in [6, 6.07) is 10.4. The molecule has 0 aliphatic rings. The topological polar surface area (TPSA) is 26.3 Å². The van der Waals surface area contributed by atoms with Gasteiger partial charge in [-0.1, -0.05) is 67.7 Å². The van der Waals surface area contributed by atoms with Crippen LogP contribution in [0.4, 0.5) is 0 Å². The predicted molar refractivity (Wildman–Crippen MR) is 91.6 cm³/mol. The van der Waals surface area contributed by atoms with Gasteiger partial charge in [-0.15, -0.1) is 0 Å². The molecule has 2 nitrogen and oxygen atoms in total. The SMILES string of the molecule is CC(C)(C)c1ccc(OC(=O)c2c(Cl)ccc(Cl)c2Cl)cc1. The van der Waals surface area contributed by atoms with Crippen LogP contribution in [0.2, 0.25) is 15.1 Å². The lowest BCUT2D eigenvalue weighted by atomic mass is 9.87. The van der Waals surface area contributed by atoms with E-state index in [4.69, 9.17) is 39.5 Å². The van der Waals surface area contributed by atoms with Crippen LogP contribution in [0.3, 0.4) is 0 Å². The molecule has 0 amide bonds. The number of hydrogen-bond acceptors (Lipinski definition) is 2. The van der Waals surface area contributed by atoms with Crippen LogP contribution < -0.4 is 4.74 Å². The van der Waals surface area contributed by atoms with Crippen LogP contribution in [0.15, 0.2) is 36.4 Å². The number of halogens is 3. The molecule has 2 aromatic rings. The summed E-state index contributed by atoms with van der Waals surface area (Å²) < 4.78 is 5.32. The number of carbonyl (C=O) groups excluding carboxylic acids is 1. The fourth-order valence-electron chi connectivity index (χ4n) is 1.90. The van der Waals surface area contributed by atoms with E-state index in [-0.39, 0.29) is 26.0 Å². The normalized spacial score (nSPS) is 11.4. The second kappa shape index (κ2) is 6.49. The Morgan fingerprint density at radius 1 is 0.909 bits per heavy atom. The van der Waals surface area contributed by atoms with Crippen molar-refractivity contribution >= 4 is 40.8 Å². The van der Waals surface area contributed by atoms with Crippen LogP contribution in [0.5, 0.6) is 5.75 Å². The van der Waals surface area contributed by atoms with Gasteiger partial charge in [-0.05, 0) is 35.2 Å². The van der Waals surface area contributed by atoms with Crippen molar-refractivity contribution < 1.29 is 9.53 Å². The van der Waals surface area contributed by atoms with E-state index in [2.05, 4.69) is 20.8 Å². The first-order valence-corrected chi connectivity index (χ1v) is 7.80. The standard InChI is InChI=1S/C17H15Cl3O2/c1-17(2,3)10-4-6-11(7-5-10)22-16(21)14-12(18)8-9-13(19)15(14)20/h4-9H,1-3H3. The zero-order valence-electron chi connectivity index (χ0n) is 12.4. The third-order valence-corrected chi connectivity index (χ3v) is 4.30. The minimum Gasteiger partial charge on any atom is -0.423 e. The molecule has 2 aromatic carbocycles. The van der Waals surface area contributed by atoms with Crippen molar-refractivity contribution in [2.24, 2.45) is 0 Å². The van der Waals surface area contributed by atoms with Gasteiger partial charge in [0, 0.05) is 0 Å². The monoisotopic (exact) mass is 356 g/mol. The number of esters is 1. The summed E-state index contributed by atoms with van der Waals surface area (Å²) in [4.78, 5) is 12.2. The summed E-state index contributed by atoms with van der Waals surface area (Å²) >= 11 is 17.9. The molecule has 0 aliphatic carbocycles. The zero-order valence-corrected chi connectivity index (χ0v) is 14.7. The van der Waals surface area contributed by atoms with Crippen LogP contribution in [-0.4, -0.2) is 5.97 Å². The van der Waals surface area contributed by atoms with Crippen molar-refractivity contribution in [3.8, 4) is 5.75 Å². The van der Waals surface area contributed by atoms with E-state index < -0.39 is 5.97 Å². The zero-order chi connectivity index (χ0) is 16.5. The minimum absolute atomic E-state index is 0.0299. The second-order valence-electron chi connectivity index (χ2n) is 5.88. The fourth-order valence-corrected chi connectivity index (χ4v) is 2.58. The third kappa shape index (κ3) is 3.75. The molecule has 0 heterocycles. The minimum atomic E-state index is -0.638. The highest BCUT2D eigenvalue weighted by Gasteiger charge is 2.20. The maximum absolute atomic E-state index is 12.2. The van der Waals surface area contributed by atoms with Crippen molar-refractivity contribution in [2.45, 2.75) is 26.2 Å². The molecule has 0 bridgehead atoms. The Morgan fingerprint density at radius 3 is 2.00 bits per heavy atom. The van der Waals surface area contributed by atoms with E-state index in [1.54, 1.807) is 12.1 Å². The number of ether oxygens (including phenoxy) is 1. The van der Waals surface area contributed by atoms with E-state index in [9.17, 15) is 4.79 Å². The van der Waals surface area contributed by atoms with Crippen LogP contribution in [0.25, 0.3) is 0 Å². The van der Waals surface area contributed by atoms with Gasteiger partial charge in [-0.2, -0.15) is 0 Å². The van der Waals surface area contributed by atoms with Crippen molar-refractivity contribution in [1.82, 2.24) is 0 Å². The van der Waals surface area contributed by atoms with Gasteiger partial charge in [0.25, 0.3) is 0 Å². The predicted octanol–water partition coefficient (Wildman–Crippen LogP) is 6.16. The van der Waals surface area contributed by atoms with Gasteiger partial charge >= 0.3 is 5.97 Å². The van der Waals surface area contributed by atoms with E-state index in [0.717, 1.165) is 5.56 Å². The fraction of sp³-hybridized carbons (Fsp3) is 0.235. The van der Waals surface area contributed by atoms with Crippen molar-refractivity contribution in [2.75, 3.05) is 0 Å². The van der Waals surface area contributed by atoms with Gasteiger partial charge < -0.3 is 4.74 Å². The summed E-state index contributed by atoms with van der Waals surface area (Å²) in [5.74, 6) is -0.217. The van der Waals surface area contributed by atoms with E-state index >= 15 is 0 Å². The maximum atomic E-state index is 12.2. The van der Waals surface area contributed by atoms with Gasteiger partial charge in [0.05, 0.1) is 20.6 Å². The highest BCUT2D eigenvalue weighted by molar-refractivity contribution is 6.46. The molecule has 0 radical (unpaired) electrons. The second-order valence-corrected chi connectivity index (χ2v) is 7.07. The Kier molecular flexibility index (Phi) is 5.06. The highest BCUT2D eigenvalue weighted by atomic mass is 35.5. The largest absolute Gasteiger partial charge is 0.423 e. The molecule has 0 N–H and O–H groups in total. The molecule has 0 atom stereocenters. The molecule has 0 spiro atoms. The van der Waals surface area contributed by atoms with Crippen molar-refractivity contribution in [3.63, 3.8) is 0 Å².